The van der Waals surface area contributed by atoms with Gasteiger partial charge in [0.25, 0.3) is 0 Å². The molecule has 34 atom stereocenters. The Morgan fingerprint density at radius 1 is 0.614 bits per heavy atom. The van der Waals surface area contributed by atoms with Gasteiger partial charge in [-0.1, -0.05) is 32.4 Å². The van der Waals surface area contributed by atoms with Gasteiger partial charge in [-0.3, -0.25) is 0 Å². The molecular formula is C56H90O27. The first-order valence-electron chi connectivity index (χ1n) is 29.5. The normalized spacial score (nSPS) is 54.5. The smallest absolute Gasteiger partial charge is 0.187 e. The fraction of sp³-hybridized carbons (Fsp3) is 0.929. The van der Waals surface area contributed by atoms with Crippen LogP contribution in [0.5, 0.6) is 0 Å². The largest absolute Gasteiger partial charge is 0.492 e. The Balaban J connectivity index is 0.781. The molecule has 0 spiro atoms. The van der Waals surface area contributed by atoms with E-state index in [2.05, 4.69) is 19.9 Å². The number of ether oxygens (including phenoxy) is 11. The molecule has 10 rings (SSSR count). The second kappa shape index (κ2) is 25.3. The van der Waals surface area contributed by atoms with E-state index < -0.39 is 186 Å². The zero-order valence-corrected chi connectivity index (χ0v) is 47.4. The fourth-order valence-corrected chi connectivity index (χ4v) is 15.8. The highest BCUT2D eigenvalue weighted by Crippen LogP contribution is 2.70. The van der Waals surface area contributed by atoms with E-state index in [1.54, 1.807) is 0 Å². The number of hydrogen-bond acceptors (Lipinski definition) is 27. The fourth-order valence-electron chi connectivity index (χ4n) is 15.8. The monoisotopic (exact) mass is 1190 g/mol. The van der Waals surface area contributed by atoms with Gasteiger partial charge in [0.2, 0.25) is 0 Å². The Hall–Kier alpha value is -1.76. The molecule has 0 aromatic heterocycles. The van der Waals surface area contributed by atoms with Crippen molar-refractivity contribution < 1.29 is 134 Å². The number of aliphatic hydroxyl groups is 16. The van der Waals surface area contributed by atoms with Gasteiger partial charge < -0.3 is 134 Å². The lowest BCUT2D eigenvalue weighted by molar-refractivity contribution is -0.385. The van der Waals surface area contributed by atoms with Gasteiger partial charge in [0.05, 0.1) is 45.2 Å². The van der Waals surface area contributed by atoms with E-state index in [0.717, 1.165) is 32.1 Å². The molecule has 0 aromatic rings. The number of hydrogen-bond donors (Lipinski definition) is 16. The zero-order valence-electron chi connectivity index (χ0n) is 47.4. The lowest BCUT2D eigenvalue weighted by Gasteiger charge is -2.58. The average molecular weight is 1200 g/mol. The van der Waals surface area contributed by atoms with Crippen LogP contribution in [0.1, 0.15) is 86.0 Å². The molecule has 34 unspecified atom stereocenters. The molecule has 6 saturated heterocycles. The minimum atomic E-state index is -1.81. The Kier molecular flexibility index (Phi) is 19.5. The van der Waals surface area contributed by atoms with Gasteiger partial charge >= 0.3 is 0 Å². The third-order valence-electron chi connectivity index (χ3n) is 20.6. The van der Waals surface area contributed by atoms with Crippen molar-refractivity contribution in [2.75, 3.05) is 33.0 Å². The number of rotatable bonds is 16. The molecule has 10 aliphatic rings. The van der Waals surface area contributed by atoms with Crippen LogP contribution in [0.4, 0.5) is 0 Å². The average Bonchev–Trinajstić information content (AvgIpc) is 2.26. The van der Waals surface area contributed by atoms with Gasteiger partial charge in [-0.05, 0) is 106 Å². The number of fused-ring (bicyclic) bond motifs is 7. The van der Waals surface area contributed by atoms with Gasteiger partial charge in [-0.2, -0.15) is 0 Å². The van der Waals surface area contributed by atoms with Crippen molar-refractivity contribution in [1.29, 1.82) is 0 Å². The first kappa shape index (κ1) is 64.2. The Bertz CT molecular complexity index is 2240. The SMILES string of the molecule is CC(CC=C1OC2CC3C4CC=C5CC(OC6OC(CO)C(OC7OCC(O)C(O)C7O)C(O)C6OC6OC(C)C(O)C(O)C6O)CCC5(C)C4CCC3(C)C2C1(C)O)COC1OC(CO)C(O)C(O)C1OC1OC(CO)C(O)C(O)C1O. The third kappa shape index (κ3) is 11.8. The van der Waals surface area contributed by atoms with E-state index in [9.17, 15) is 81.7 Å². The van der Waals surface area contributed by atoms with E-state index in [4.69, 9.17) is 52.1 Å². The van der Waals surface area contributed by atoms with Crippen LogP contribution in [-0.4, -0.2) is 280 Å². The van der Waals surface area contributed by atoms with Crippen molar-refractivity contribution in [2.45, 2.75) is 251 Å². The topological polar surface area (TPSA) is 425 Å². The quantitative estimate of drug-likeness (QED) is 0.0647. The summed E-state index contributed by atoms with van der Waals surface area (Å²) in [5.41, 5.74) is -0.571. The standard InChI is InChI=1S/C56H90O27/c1-21(19-73-52-46(40(67)37(64)31(17-58)79-52)82-51-43(70)39(66)36(63)30(16-57)78-51)6-9-33-56(5,72)48-29(77-33)15-27-25-8-7-23-14-24(10-12-54(23,3)26(25)11-13-55(27,48)4)76-53-47(83-50-42(69)38(65)34(61)22(2)75-50)44(71)45(32(18-59)80-53)81-49-41(68)35(62)28(60)20-74-49/h7,9,21-22,24-32,34-53,57-72H,6,8,10-20H2,1-5H3. The highest BCUT2D eigenvalue weighted by atomic mass is 16.8. The molecule has 0 amide bonds. The highest BCUT2D eigenvalue weighted by molar-refractivity contribution is 5.29. The molecule has 16 N–H and O–H groups in total. The Morgan fingerprint density at radius 2 is 1.20 bits per heavy atom. The highest BCUT2D eigenvalue weighted by Gasteiger charge is 2.69. The molecule has 6 aliphatic heterocycles. The molecule has 3 saturated carbocycles. The van der Waals surface area contributed by atoms with E-state index in [1.807, 2.05) is 19.9 Å². The van der Waals surface area contributed by atoms with Gasteiger partial charge in [-0.25, -0.2) is 0 Å². The summed E-state index contributed by atoms with van der Waals surface area (Å²) in [6, 6.07) is 0. The predicted molar refractivity (Wildman–Crippen MR) is 277 cm³/mol. The molecule has 27 nitrogen and oxygen atoms in total. The minimum absolute atomic E-state index is 0.00254. The summed E-state index contributed by atoms with van der Waals surface area (Å²) in [7, 11) is 0. The zero-order chi connectivity index (χ0) is 59.9. The number of allylic oxidation sites excluding steroid dienone is 2. The Morgan fingerprint density at radius 3 is 1.88 bits per heavy atom. The van der Waals surface area contributed by atoms with Gasteiger partial charge in [0.1, 0.15) is 127 Å². The Labute approximate surface area is 480 Å². The van der Waals surface area contributed by atoms with Gasteiger partial charge in [0.15, 0.2) is 31.5 Å². The molecule has 0 bridgehead atoms. The van der Waals surface area contributed by atoms with Crippen LogP contribution in [0.2, 0.25) is 0 Å². The van der Waals surface area contributed by atoms with Crippen molar-refractivity contribution in [3.8, 4) is 0 Å². The number of aliphatic hydroxyl groups excluding tert-OH is 15. The lowest BCUT2D eigenvalue weighted by Crippen LogP contribution is -2.66. The van der Waals surface area contributed by atoms with E-state index >= 15 is 0 Å². The maximum absolute atomic E-state index is 12.5. The van der Waals surface area contributed by atoms with Crippen LogP contribution in [0.15, 0.2) is 23.5 Å². The van der Waals surface area contributed by atoms with Crippen LogP contribution in [-0.2, 0) is 52.1 Å². The molecule has 9 fully saturated rings. The molecule has 83 heavy (non-hydrogen) atoms. The third-order valence-corrected chi connectivity index (χ3v) is 20.6. The van der Waals surface area contributed by atoms with Crippen molar-refractivity contribution in [2.24, 2.45) is 40.4 Å². The maximum Gasteiger partial charge on any atom is 0.187 e. The van der Waals surface area contributed by atoms with E-state index in [-0.39, 0.29) is 41.3 Å². The van der Waals surface area contributed by atoms with Crippen LogP contribution < -0.4 is 0 Å². The molecular weight excluding hydrogens is 1100 g/mol. The summed E-state index contributed by atoms with van der Waals surface area (Å²) in [6.07, 6.45) is -28.1. The summed E-state index contributed by atoms with van der Waals surface area (Å²) >= 11 is 0. The van der Waals surface area contributed by atoms with Crippen LogP contribution >= 0.6 is 0 Å². The van der Waals surface area contributed by atoms with Crippen molar-refractivity contribution >= 4 is 0 Å². The molecule has 27 heteroatoms. The second-order valence-electron chi connectivity index (χ2n) is 25.9. The van der Waals surface area contributed by atoms with Crippen LogP contribution in [0.3, 0.4) is 0 Å². The van der Waals surface area contributed by atoms with Gasteiger partial charge in [0, 0.05) is 5.92 Å². The van der Waals surface area contributed by atoms with Crippen LogP contribution in [0, 0.1) is 40.4 Å². The van der Waals surface area contributed by atoms with Crippen LogP contribution in [0.25, 0.3) is 0 Å². The molecule has 476 valence electrons. The first-order chi connectivity index (χ1) is 39.3. The summed E-state index contributed by atoms with van der Waals surface area (Å²) < 4.78 is 66.2. The predicted octanol–water partition coefficient (Wildman–Crippen LogP) is -4.62. The van der Waals surface area contributed by atoms with Crippen molar-refractivity contribution in [3.63, 3.8) is 0 Å². The summed E-state index contributed by atoms with van der Waals surface area (Å²) in [5, 5.41) is 171. The van der Waals surface area contributed by atoms with Crippen molar-refractivity contribution in [1.82, 2.24) is 0 Å². The molecule has 0 radical (unpaired) electrons. The summed E-state index contributed by atoms with van der Waals surface area (Å²) in [5.74, 6) is 0.854. The molecule has 4 aliphatic carbocycles. The van der Waals surface area contributed by atoms with Crippen molar-refractivity contribution in [3.05, 3.63) is 23.5 Å². The maximum atomic E-state index is 12.5. The molecule has 0 aromatic carbocycles. The van der Waals surface area contributed by atoms with E-state index in [0.29, 0.717) is 36.9 Å². The lowest BCUT2D eigenvalue weighted by atomic mass is 9.46. The van der Waals surface area contributed by atoms with E-state index in [1.165, 1.54) is 12.5 Å². The van der Waals surface area contributed by atoms with Gasteiger partial charge in [-0.15, -0.1) is 0 Å². The molecule has 6 heterocycles. The summed E-state index contributed by atoms with van der Waals surface area (Å²) in [6.45, 7) is 7.25. The second-order valence-corrected chi connectivity index (χ2v) is 25.9. The summed E-state index contributed by atoms with van der Waals surface area (Å²) in [4.78, 5) is 0. The first-order valence-corrected chi connectivity index (χ1v) is 29.5. The minimum Gasteiger partial charge on any atom is -0.492 e.